The number of methoxy groups -OCH3 is 1. The van der Waals surface area contributed by atoms with Gasteiger partial charge < -0.3 is 35.6 Å². The van der Waals surface area contributed by atoms with Crippen molar-refractivity contribution in [2.24, 2.45) is 0 Å². The van der Waals surface area contributed by atoms with Gasteiger partial charge in [-0.25, -0.2) is 19.7 Å². The molecule has 0 unspecified atom stereocenters. The Balaban J connectivity index is 2.10. The summed E-state index contributed by atoms with van der Waals surface area (Å²) in [5.41, 5.74) is 3.94. The van der Waals surface area contributed by atoms with Crippen LogP contribution in [0.5, 0.6) is 0 Å². The van der Waals surface area contributed by atoms with E-state index in [9.17, 15) is 20.1 Å². The molecule has 0 spiro atoms. The quantitative estimate of drug-likeness (QED) is 0.269. The Morgan fingerprint density at radius 3 is 2.81 bits per heavy atom. The lowest BCUT2D eigenvalue weighted by atomic mass is 9.96. The number of imidazole rings is 1. The number of esters is 1. The molecule has 0 saturated carbocycles. The Hall–Kier alpha value is -2.82. The molecular weight excluding hydrogens is 362 g/mol. The molecule has 6 N–H and O–H groups in total. The number of hydrogen-bond acceptors (Lipinski definition) is 11. The van der Waals surface area contributed by atoms with Crippen LogP contribution in [-0.4, -0.2) is 84.0 Å². The van der Waals surface area contributed by atoms with Gasteiger partial charge in [0, 0.05) is 0 Å². The summed E-state index contributed by atoms with van der Waals surface area (Å²) in [6.45, 7) is -1.33. The Kier molecular flexibility index (Phi) is 4.96. The number of carbonyl (C=O) groups excluding carboxylic acids is 1. The highest BCUT2D eigenvalue weighted by Gasteiger charge is 2.60. The van der Waals surface area contributed by atoms with Crippen molar-refractivity contribution in [1.29, 1.82) is 0 Å². The zero-order valence-corrected chi connectivity index (χ0v) is 14.1. The van der Waals surface area contributed by atoms with E-state index in [4.69, 9.17) is 15.6 Å². The number of nitrogens with zero attached hydrogens (tertiary/aromatic N) is 4. The van der Waals surface area contributed by atoms with Gasteiger partial charge in [0.05, 0.1) is 20.0 Å². The van der Waals surface area contributed by atoms with Gasteiger partial charge in [-0.1, -0.05) is 5.92 Å². The zero-order valence-electron chi connectivity index (χ0n) is 14.1. The highest BCUT2D eigenvalue weighted by molar-refractivity contribution is 5.83. The van der Waals surface area contributed by atoms with Gasteiger partial charge in [-0.3, -0.25) is 4.57 Å². The fourth-order valence-electron chi connectivity index (χ4n) is 2.84. The molecule has 1 fully saturated rings. The number of nitrogens with two attached hydrogens (primary N) is 1. The summed E-state index contributed by atoms with van der Waals surface area (Å²) in [5, 5.41) is 39.1. The highest BCUT2D eigenvalue weighted by atomic mass is 16.6. The van der Waals surface area contributed by atoms with Crippen LogP contribution in [0.2, 0.25) is 0 Å². The van der Waals surface area contributed by atoms with E-state index in [0.29, 0.717) is 0 Å². The van der Waals surface area contributed by atoms with Gasteiger partial charge >= 0.3 is 5.97 Å². The number of aliphatic hydroxyl groups is 4. The molecule has 27 heavy (non-hydrogen) atoms. The summed E-state index contributed by atoms with van der Waals surface area (Å²) >= 11 is 0. The third-order valence-corrected chi connectivity index (χ3v) is 4.19. The molecule has 12 nitrogen and oxygen atoms in total. The van der Waals surface area contributed by atoms with Crippen molar-refractivity contribution in [3.63, 3.8) is 0 Å². The predicted octanol–water partition coefficient (Wildman–Crippen LogP) is -3.09. The molecule has 1 saturated heterocycles. The van der Waals surface area contributed by atoms with Gasteiger partial charge in [0.2, 0.25) is 11.4 Å². The number of nitrogen functional groups attached to an aromatic ring is 1. The smallest absolute Gasteiger partial charge is 0.343 e. The Bertz CT molecular complexity index is 936. The van der Waals surface area contributed by atoms with E-state index in [1.807, 2.05) is 0 Å². The standard InChI is InChI=1S/C15H17N5O7/c1-26-14(25)15(5-22)10(24)9(23)13(27-15)20-6-17-8-11(16)18-7(3-2-4-21)19-12(8)20/h6,9-10,13,21-24H,4-5H2,1H3,(H2,16,18,19)/t9-,10+,13-,15-/m1/s1. The molecule has 144 valence electrons. The van der Waals surface area contributed by atoms with E-state index in [2.05, 4.69) is 31.5 Å². The highest BCUT2D eigenvalue weighted by Crippen LogP contribution is 2.39. The van der Waals surface area contributed by atoms with Crippen LogP contribution in [-0.2, 0) is 14.3 Å². The number of fused-ring (bicyclic) bond motifs is 1. The minimum atomic E-state index is -2.17. The van der Waals surface area contributed by atoms with Crippen LogP contribution in [0.4, 0.5) is 5.82 Å². The van der Waals surface area contributed by atoms with Crippen LogP contribution in [0.3, 0.4) is 0 Å². The van der Waals surface area contributed by atoms with Crippen molar-refractivity contribution in [1.82, 2.24) is 19.5 Å². The fourth-order valence-corrected chi connectivity index (χ4v) is 2.84. The SMILES string of the molecule is COC(=O)[C@]1(CO)O[C@@H](n2cnc3c(N)nc(C#CCO)nc32)[C@H](O)[C@@H]1O. The first-order chi connectivity index (χ1) is 12.9. The topological polar surface area (TPSA) is 186 Å². The van der Waals surface area contributed by atoms with Gasteiger partial charge in [0.1, 0.15) is 24.3 Å². The van der Waals surface area contributed by atoms with Gasteiger partial charge in [-0.2, -0.15) is 0 Å². The molecule has 2 aromatic heterocycles. The third-order valence-electron chi connectivity index (χ3n) is 4.19. The van der Waals surface area contributed by atoms with Crippen LogP contribution in [0, 0.1) is 11.8 Å². The monoisotopic (exact) mass is 379 g/mol. The van der Waals surface area contributed by atoms with E-state index < -0.39 is 43.2 Å². The summed E-state index contributed by atoms with van der Waals surface area (Å²) in [6, 6.07) is 0. The Morgan fingerprint density at radius 2 is 2.19 bits per heavy atom. The van der Waals surface area contributed by atoms with Crippen LogP contribution in [0.1, 0.15) is 12.1 Å². The van der Waals surface area contributed by atoms with Gasteiger partial charge in [0.15, 0.2) is 17.7 Å². The van der Waals surface area contributed by atoms with Gasteiger partial charge in [-0.15, -0.1) is 0 Å². The number of aliphatic hydroxyl groups excluding tert-OH is 4. The molecule has 0 amide bonds. The first-order valence-electron chi connectivity index (χ1n) is 7.72. The van der Waals surface area contributed by atoms with Crippen molar-refractivity contribution < 1.29 is 34.7 Å². The summed E-state index contributed by atoms with van der Waals surface area (Å²) < 4.78 is 11.3. The maximum Gasteiger partial charge on any atom is 0.343 e. The normalized spacial score (nSPS) is 27.4. The van der Waals surface area contributed by atoms with Crippen molar-refractivity contribution in [3.8, 4) is 11.8 Å². The van der Waals surface area contributed by atoms with Crippen LogP contribution < -0.4 is 5.73 Å². The molecule has 0 aliphatic carbocycles. The summed E-state index contributed by atoms with van der Waals surface area (Å²) in [5.74, 6) is 3.82. The summed E-state index contributed by atoms with van der Waals surface area (Å²) in [4.78, 5) is 24.2. The van der Waals surface area contributed by atoms with E-state index >= 15 is 0 Å². The fraction of sp³-hybridized carbons (Fsp3) is 0.467. The van der Waals surface area contributed by atoms with Crippen molar-refractivity contribution >= 4 is 23.0 Å². The second-order valence-corrected chi connectivity index (χ2v) is 5.70. The molecular formula is C15H17N5O7. The average Bonchev–Trinajstić information content (AvgIpc) is 3.20. The summed E-state index contributed by atoms with van der Waals surface area (Å²) in [6.07, 6.45) is -3.49. The Morgan fingerprint density at radius 1 is 1.44 bits per heavy atom. The first kappa shape index (κ1) is 19.0. The maximum atomic E-state index is 12.0. The second kappa shape index (κ2) is 7.06. The zero-order chi connectivity index (χ0) is 19.8. The third kappa shape index (κ3) is 2.87. The van der Waals surface area contributed by atoms with E-state index in [1.54, 1.807) is 0 Å². The van der Waals surface area contributed by atoms with E-state index in [0.717, 1.165) is 7.11 Å². The van der Waals surface area contributed by atoms with Crippen LogP contribution in [0.25, 0.3) is 11.2 Å². The molecule has 3 heterocycles. The number of hydrogen-bond donors (Lipinski definition) is 5. The minimum Gasteiger partial charge on any atom is -0.467 e. The molecule has 12 heteroatoms. The van der Waals surface area contributed by atoms with Crippen molar-refractivity contribution in [2.75, 3.05) is 26.1 Å². The minimum absolute atomic E-state index is 0.00425. The summed E-state index contributed by atoms with van der Waals surface area (Å²) in [7, 11) is 1.06. The van der Waals surface area contributed by atoms with Gasteiger partial charge in [0.25, 0.3) is 0 Å². The Labute approximate surface area is 152 Å². The van der Waals surface area contributed by atoms with Gasteiger partial charge in [-0.05, 0) is 5.92 Å². The number of rotatable bonds is 3. The largest absolute Gasteiger partial charge is 0.467 e. The molecule has 2 aromatic rings. The van der Waals surface area contributed by atoms with Crippen molar-refractivity contribution in [2.45, 2.75) is 24.0 Å². The van der Waals surface area contributed by atoms with E-state index in [-0.39, 0.29) is 22.8 Å². The molecule has 1 aliphatic rings. The van der Waals surface area contributed by atoms with Crippen LogP contribution >= 0.6 is 0 Å². The number of carbonyl (C=O) groups is 1. The predicted molar refractivity (Wildman–Crippen MR) is 87.7 cm³/mol. The molecule has 4 atom stereocenters. The second-order valence-electron chi connectivity index (χ2n) is 5.70. The molecule has 0 radical (unpaired) electrons. The molecule has 3 rings (SSSR count). The molecule has 1 aliphatic heterocycles. The first-order valence-corrected chi connectivity index (χ1v) is 7.72. The molecule has 0 bridgehead atoms. The lowest BCUT2D eigenvalue weighted by molar-refractivity contribution is -0.187. The number of aromatic nitrogens is 4. The van der Waals surface area contributed by atoms with E-state index in [1.165, 1.54) is 10.9 Å². The van der Waals surface area contributed by atoms with Crippen LogP contribution in [0.15, 0.2) is 6.33 Å². The number of ether oxygens (including phenoxy) is 2. The number of anilines is 1. The lowest BCUT2D eigenvalue weighted by Gasteiger charge is -2.26. The lowest BCUT2D eigenvalue weighted by Crippen LogP contribution is -2.53. The molecule has 0 aromatic carbocycles. The van der Waals surface area contributed by atoms with Crippen molar-refractivity contribution in [3.05, 3.63) is 12.2 Å². The maximum absolute atomic E-state index is 12.0. The average molecular weight is 379 g/mol.